The Morgan fingerprint density at radius 1 is 1.44 bits per heavy atom. The minimum atomic E-state index is -0.191. The van der Waals surface area contributed by atoms with Crippen molar-refractivity contribution in [3.8, 4) is 5.75 Å². The van der Waals surface area contributed by atoms with Crippen molar-refractivity contribution in [2.45, 2.75) is 44.2 Å². The van der Waals surface area contributed by atoms with Gasteiger partial charge in [0.1, 0.15) is 17.2 Å². The van der Waals surface area contributed by atoms with Gasteiger partial charge in [-0.15, -0.1) is 0 Å². The van der Waals surface area contributed by atoms with E-state index in [0.29, 0.717) is 0 Å². The van der Waals surface area contributed by atoms with E-state index in [1.165, 1.54) is 18.9 Å². The molecule has 2 atom stereocenters. The van der Waals surface area contributed by atoms with Crippen LogP contribution in [0.25, 0.3) is 0 Å². The largest absolute Gasteiger partial charge is 0.487 e. The second-order valence-corrected chi connectivity index (χ2v) is 5.93. The fourth-order valence-corrected chi connectivity index (χ4v) is 3.05. The van der Waals surface area contributed by atoms with Gasteiger partial charge in [0.2, 0.25) is 0 Å². The van der Waals surface area contributed by atoms with E-state index in [9.17, 15) is 4.39 Å². The van der Waals surface area contributed by atoms with Crippen molar-refractivity contribution >= 4 is 0 Å². The standard InChI is InChI=1S/C15H20FNO/c1-15(8-10-3-4-10)9-13(17-2)12-7-11(16)5-6-14(12)18-15/h5-7,10,13,17H,3-4,8-9H2,1-2H3. The first kappa shape index (κ1) is 12.0. The van der Waals surface area contributed by atoms with Crippen molar-refractivity contribution in [1.82, 2.24) is 5.32 Å². The molecule has 1 aliphatic heterocycles. The summed E-state index contributed by atoms with van der Waals surface area (Å²) in [6.45, 7) is 2.18. The third kappa shape index (κ3) is 2.24. The van der Waals surface area contributed by atoms with Crippen LogP contribution in [-0.2, 0) is 0 Å². The summed E-state index contributed by atoms with van der Waals surface area (Å²) >= 11 is 0. The van der Waals surface area contributed by atoms with Gasteiger partial charge in [-0.25, -0.2) is 4.39 Å². The van der Waals surface area contributed by atoms with Crippen LogP contribution < -0.4 is 10.1 Å². The summed E-state index contributed by atoms with van der Waals surface area (Å²) in [7, 11) is 1.93. The predicted molar refractivity (Wildman–Crippen MR) is 69.2 cm³/mol. The summed E-state index contributed by atoms with van der Waals surface area (Å²) in [6.07, 6.45) is 4.69. The lowest BCUT2D eigenvalue weighted by Gasteiger charge is -2.40. The maximum absolute atomic E-state index is 13.3. The Labute approximate surface area is 108 Å². The Kier molecular flexibility index (Phi) is 2.81. The van der Waals surface area contributed by atoms with Gasteiger partial charge < -0.3 is 10.1 Å². The first-order valence-corrected chi connectivity index (χ1v) is 6.75. The molecule has 1 saturated carbocycles. The molecule has 0 amide bonds. The maximum Gasteiger partial charge on any atom is 0.125 e. The lowest BCUT2D eigenvalue weighted by atomic mass is 9.85. The molecule has 18 heavy (non-hydrogen) atoms. The highest BCUT2D eigenvalue weighted by Crippen LogP contribution is 2.46. The summed E-state index contributed by atoms with van der Waals surface area (Å²) in [4.78, 5) is 0. The fraction of sp³-hybridized carbons (Fsp3) is 0.600. The molecule has 3 rings (SSSR count). The smallest absolute Gasteiger partial charge is 0.125 e. The van der Waals surface area contributed by atoms with Crippen molar-refractivity contribution in [3.05, 3.63) is 29.6 Å². The second-order valence-electron chi connectivity index (χ2n) is 5.93. The monoisotopic (exact) mass is 249 g/mol. The van der Waals surface area contributed by atoms with Gasteiger partial charge in [-0.1, -0.05) is 12.8 Å². The van der Waals surface area contributed by atoms with Crippen LogP contribution in [0.5, 0.6) is 5.75 Å². The van der Waals surface area contributed by atoms with Crippen LogP contribution in [0.15, 0.2) is 18.2 Å². The molecule has 0 saturated heterocycles. The molecular formula is C15H20FNO. The highest BCUT2D eigenvalue weighted by Gasteiger charge is 2.40. The molecule has 98 valence electrons. The zero-order valence-corrected chi connectivity index (χ0v) is 11.0. The number of nitrogens with one attached hydrogen (secondary N) is 1. The molecule has 0 bridgehead atoms. The Balaban J connectivity index is 1.90. The van der Waals surface area contributed by atoms with Crippen LogP contribution in [0, 0.1) is 11.7 Å². The van der Waals surface area contributed by atoms with E-state index in [1.54, 1.807) is 12.1 Å². The Bertz CT molecular complexity index is 458. The number of halogens is 1. The third-order valence-corrected chi connectivity index (χ3v) is 4.11. The molecule has 0 spiro atoms. The lowest BCUT2D eigenvalue weighted by molar-refractivity contribution is 0.0355. The summed E-state index contributed by atoms with van der Waals surface area (Å²) in [5, 5.41) is 3.29. The third-order valence-electron chi connectivity index (χ3n) is 4.11. The normalized spacial score (nSPS) is 30.7. The van der Waals surface area contributed by atoms with E-state index >= 15 is 0 Å². The summed E-state index contributed by atoms with van der Waals surface area (Å²) < 4.78 is 19.5. The molecule has 1 heterocycles. The van der Waals surface area contributed by atoms with Crippen LogP contribution in [-0.4, -0.2) is 12.6 Å². The molecule has 1 aromatic carbocycles. The lowest BCUT2D eigenvalue weighted by Crippen LogP contribution is -2.41. The molecule has 1 aliphatic carbocycles. The molecule has 2 unspecified atom stereocenters. The highest BCUT2D eigenvalue weighted by atomic mass is 19.1. The molecule has 0 aromatic heterocycles. The van der Waals surface area contributed by atoms with Crippen molar-refractivity contribution in [2.24, 2.45) is 5.92 Å². The van der Waals surface area contributed by atoms with Crippen molar-refractivity contribution in [1.29, 1.82) is 0 Å². The number of hydrogen-bond acceptors (Lipinski definition) is 2. The van der Waals surface area contributed by atoms with Gasteiger partial charge in [0.25, 0.3) is 0 Å². The summed E-state index contributed by atoms with van der Waals surface area (Å²) in [5.74, 6) is 1.48. The van der Waals surface area contributed by atoms with Crippen molar-refractivity contribution in [2.75, 3.05) is 7.05 Å². The Hall–Kier alpha value is -1.09. The SMILES string of the molecule is CNC1CC(C)(CC2CC2)Oc2ccc(F)cc21. The molecule has 2 aliphatic rings. The number of fused-ring (bicyclic) bond motifs is 1. The number of hydrogen-bond donors (Lipinski definition) is 1. The number of benzene rings is 1. The van der Waals surface area contributed by atoms with Crippen LogP contribution in [0.2, 0.25) is 0 Å². The molecule has 0 radical (unpaired) electrons. The fourth-order valence-electron chi connectivity index (χ4n) is 3.05. The molecule has 1 N–H and O–H groups in total. The van der Waals surface area contributed by atoms with E-state index < -0.39 is 0 Å². The summed E-state index contributed by atoms with van der Waals surface area (Å²) in [5.41, 5.74) is 0.838. The quantitative estimate of drug-likeness (QED) is 0.886. The molecule has 1 aromatic rings. The van der Waals surface area contributed by atoms with Crippen LogP contribution in [0.1, 0.15) is 44.2 Å². The summed E-state index contributed by atoms with van der Waals surface area (Å²) in [6, 6.07) is 5.02. The molecule has 2 nitrogen and oxygen atoms in total. The van der Waals surface area contributed by atoms with Crippen LogP contribution in [0.4, 0.5) is 4.39 Å². The van der Waals surface area contributed by atoms with Crippen molar-refractivity contribution in [3.63, 3.8) is 0 Å². The Morgan fingerprint density at radius 2 is 2.22 bits per heavy atom. The van der Waals surface area contributed by atoms with Crippen LogP contribution in [0.3, 0.4) is 0 Å². The molecule has 3 heteroatoms. The van der Waals surface area contributed by atoms with Gasteiger partial charge in [0.15, 0.2) is 0 Å². The number of ether oxygens (including phenoxy) is 1. The van der Waals surface area contributed by atoms with Crippen LogP contribution >= 0.6 is 0 Å². The average molecular weight is 249 g/mol. The van der Waals surface area contributed by atoms with E-state index in [-0.39, 0.29) is 17.5 Å². The number of rotatable bonds is 3. The average Bonchev–Trinajstić information content (AvgIpc) is 3.12. The van der Waals surface area contributed by atoms with Gasteiger partial charge in [-0.05, 0) is 44.5 Å². The topological polar surface area (TPSA) is 21.3 Å². The van der Waals surface area contributed by atoms with Crippen molar-refractivity contribution < 1.29 is 9.13 Å². The van der Waals surface area contributed by atoms with Gasteiger partial charge in [0, 0.05) is 18.0 Å². The van der Waals surface area contributed by atoms with Gasteiger partial charge >= 0.3 is 0 Å². The predicted octanol–water partition coefficient (Wildman–Crippen LogP) is 3.43. The minimum Gasteiger partial charge on any atom is -0.487 e. The van der Waals surface area contributed by atoms with E-state index in [1.807, 2.05) is 7.05 Å². The molecular weight excluding hydrogens is 229 g/mol. The zero-order chi connectivity index (χ0) is 12.8. The van der Waals surface area contributed by atoms with E-state index in [0.717, 1.165) is 30.1 Å². The first-order chi connectivity index (χ1) is 8.59. The van der Waals surface area contributed by atoms with E-state index in [4.69, 9.17) is 4.74 Å². The van der Waals surface area contributed by atoms with E-state index in [2.05, 4.69) is 12.2 Å². The zero-order valence-electron chi connectivity index (χ0n) is 11.0. The Morgan fingerprint density at radius 3 is 2.89 bits per heavy atom. The minimum absolute atomic E-state index is 0.111. The van der Waals surface area contributed by atoms with Gasteiger partial charge in [-0.3, -0.25) is 0 Å². The molecule has 1 fully saturated rings. The van der Waals surface area contributed by atoms with Gasteiger partial charge in [0.05, 0.1) is 0 Å². The van der Waals surface area contributed by atoms with Gasteiger partial charge in [-0.2, -0.15) is 0 Å². The second kappa shape index (κ2) is 4.23. The highest BCUT2D eigenvalue weighted by molar-refractivity contribution is 5.39. The maximum atomic E-state index is 13.3. The first-order valence-electron chi connectivity index (χ1n) is 6.75.